The summed E-state index contributed by atoms with van der Waals surface area (Å²) in [6, 6.07) is 0. The van der Waals surface area contributed by atoms with E-state index in [9.17, 15) is 24.6 Å². The summed E-state index contributed by atoms with van der Waals surface area (Å²) in [5.74, 6) is -1.79. The number of hydrogen-bond acceptors (Lipinski definition) is 10. The van der Waals surface area contributed by atoms with Gasteiger partial charge in [-0.3, -0.25) is 19.1 Å². The van der Waals surface area contributed by atoms with Crippen molar-refractivity contribution < 1.29 is 34.7 Å². The van der Waals surface area contributed by atoms with Gasteiger partial charge in [0.2, 0.25) is 0 Å². The van der Waals surface area contributed by atoms with Gasteiger partial charge in [-0.1, -0.05) is 26.2 Å². The van der Waals surface area contributed by atoms with Gasteiger partial charge in [-0.25, -0.2) is 4.79 Å². The predicted octanol–water partition coefficient (Wildman–Crippen LogP) is -2.03. The van der Waals surface area contributed by atoms with Crippen LogP contribution in [0.25, 0.3) is 0 Å². The van der Waals surface area contributed by atoms with Crippen LogP contribution in [0.5, 0.6) is 0 Å². The first-order chi connectivity index (χ1) is 14.2. The van der Waals surface area contributed by atoms with E-state index in [1.807, 2.05) is 4.98 Å². The number of esters is 1. The van der Waals surface area contributed by atoms with Crippen molar-refractivity contribution in [2.75, 3.05) is 20.8 Å². The monoisotopic (exact) mass is 433 g/mol. The zero-order valence-electron chi connectivity index (χ0n) is 17.5. The molecule has 1 fully saturated rings. The third kappa shape index (κ3) is 8.87. The molecular formula is C18H31N3O9. The van der Waals surface area contributed by atoms with Crippen molar-refractivity contribution in [3.63, 3.8) is 0 Å². The summed E-state index contributed by atoms with van der Waals surface area (Å²) in [6.45, 7) is 3.71. The van der Waals surface area contributed by atoms with E-state index in [4.69, 9.17) is 27.1 Å². The summed E-state index contributed by atoms with van der Waals surface area (Å²) < 4.78 is 10.8. The average molecular weight is 433 g/mol. The fraction of sp³-hybridized carbons (Fsp3) is 0.611. The van der Waals surface area contributed by atoms with Crippen LogP contribution in [-0.4, -0.2) is 68.8 Å². The Hall–Kier alpha value is -2.53. The molecule has 1 aliphatic heterocycles. The van der Waals surface area contributed by atoms with Gasteiger partial charge in [0.25, 0.3) is 5.56 Å². The summed E-state index contributed by atoms with van der Waals surface area (Å²) in [5.41, 5.74) is 3.48. The second-order valence-electron chi connectivity index (χ2n) is 5.55. The van der Waals surface area contributed by atoms with Crippen molar-refractivity contribution in [3.05, 3.63) is 32.6 Å². The number of aliphatic hydroxyl groups excluding tert-OH is 2. The number of hydrogen-bond donors (Lipinski definition) is 6. The molecule has 1 aromatic heterocycles. The molecule has 7 N–H and O–H groups in total. The fourth-order valence-electron chi connectivity index (χ4n) is 2.18. The smallest absolute Gasteiger partial charge is 0.352 e. The summed E-state index contributed by atoms with van der Waals surface area (Å²) in [7, 11) is 2.00. The third-order valence-corrected chi connectivity index (χ3v) is 3.28. The maximum atomic E-state index is 11.8. The number of aliphatic hydroxyl groups is 4. The molecule has 0 radical (unpaired) electrons. The molecule has 1 aliphatic rings. The Bertz CT molecular complexity index is 780. The Kier molecular flexibility index (Phi) is 15.2. The molecule has 2 atom stereocenters. The Morgan fingerprint density at radius 3 is 2.33 bits per heavy atom. The first-order valence-electron chi connectivity index (χ1n) is 8.93. The number of nitrogens with two attached hydrogens (primary N) is 1. The van der Waals surface area contributed by atoms with Crippen LogP contribution in [0.1, 0.15) is 44.9 Å². The number of carbonyl (C=O) groups is 1. The minimum atomic E-state index is -2.88. The number of terminal acetylenes is 1. The summed E-state index contributed by atoms with van der Waals surface area (Å²) in [4.78, 5) is 36.3. The fourth-order valence-corrected chi connectivity index (χ4v) is 2.18. The van der Waals surface area contributed by atoms with Gasteiger partial charge in [0.15, 0.2) is 6.10 Å². The van der Waals surface area contributed by atoms with E-state index in [2.05, 4.69) is 24.5 Å². The zero-order valence-corrected chi connectivity index (χ0v) is 17.5. The van der Waals surface area contributed by atoms with Crippen molar-refractivity contribution in [1.29, 1.82) is 0 Å². The Balaban J connectivity index is 0. The number of nitrogens with one attached hydrogen (secondary N) is 1. The molecule has 0 spiro atoms. The molecule has 0 bridgehead atoms. The molecule has 0 amide bonds. The van der Waals surface area contributed by atoms with Crippen LogP contribution in [0.4, 0.5) is 0 Å². The van der Waals surface area contributed by atoms with Crippen molar-refractivity contribution >= 4 is 5.97 Å². The SMILES string of the molecule is C#Cc1cn(C2CCC(C(O)(O)OC(=O)CN)O2)c(=O)[nH]c1=O.CCC.CO.CO. The molecule has 12 heteroatoms. The van der Waals surface area contributed by atoms with E-state index in [0.717, 1.165) is 25.0 Å². The quantitative estimate of drug-likeness (QED) is 0.175. The molecule has 0 aromatic carbocycles. The minimum absolute atomic E-state index is 0.0759. The first kappa shape index (κ1) is 29.7. The van der Waals surface area contributed by atoms with E-state index in [-0.39, 0.29) is 18.4 Å². The van der Waals surface area contributed by atoms with E-state index < -0.39 is 42.1 Å². The van der Waals surface area contributed by atoms with Gasteiger partial charge in [-0.2, -0.15) is 0 Å². The van der Waals surface area contributed by atoms with Crippen LogP contribution >= 0.6 is 0 Å². The number of rotatable bonds is 4. The second kappa shape index (κ2) is 15.3. The number of aromatic amines is 1. The molecule has 12 nitrogen and oxygen atoms in total. The molecule has 2 rings (SSSR count). The maximum absolute atomic E-state index is 11.8. The lowest BCUT2D eigenvalue weighted by Crippen LogP contribution is -2.47. The van der Waals surface area contributed by atoms with E-state index >= 15 is 0 Å². The molecule has 1 aromatic rings. The van der Waals surface area contributed by atoms with E-state index in [1.165, 1.54) is 6.42 Å². The molecule has 2 heterocycles. The van der Waals surface area contributed by atoms with Crippen LogP contribution in [0.15, 0.2) is 15.8 Å². The molecular weight excluding hydrogens is 402 g/mol. The Morgan fingerprint density at radius 2 is 1.87 bits per heavy atom. The van der Waals surface area contributed by atoms with E-state index in [1.54, 1.807) is 0 Å². The Morgan fingerprint density at radius 1 is 1.33 bits per heavy atom. The van der Waals surface area contributed by atoms with Gasteiger partial charge in [0.1, 0.15) is 11.8 Å². The van der Waals surface area contributed by atoms with Crippen molar-refractivity contribution in [1.82, 2.24) is 9.55 Å². The molecule has 2 unspecified atom stereocenters. The first-order valence-corrected chi connectivity index (χ1v) is 8.93. The number of carbonyl (C=O) groups excluding carboxylic acids is 1. The topological polar surface area (TPSA) is 197 Å². The highest BCUT2D eigenvalue weighted by Crippen LogP contribution is 2.32. The van der Waals surface area contributed by atoms with Gasteiger partial charge < -0.3 is 35.6 Å². The lowest BCUT2D eigenvalue weighted by atomic mass is 10.2. The molecule has 30 heavy (non-hydrogen) atoms. The average Bonchev–Trinajstić information content (AvgIpc) is 3.22. The highest BCUT2D eigenvalue weighted by molar-refractivity contribution is 5.71. The molecule has 172 valence electrons. The zero-order chi connectivity index (χ0) is 23.9. The summed E-state index contributed by atoms with van der Waals surface area (Å²) >= 11 is 0. The molecule has 1 saturated heterocycles. The van der Waals surface area contributed by atoms with Crippen molar-refractivity contribution in [2.24, 2.45) is 5.73 Å². The van der Waals surface area contributed by atoms with Crippen LogP contribution < -0.4 is 17.0 Å². The lowest BCUT2D eigenvalue weighted by Gasteiger charge is -2.27. The third-order valence-electron chi connectivity index (χ3n) is 3.28. The number of nitrogens with zero attached hydrogens (tertiary/aromatic N) is 1. The van der Waals surface area contributed by atoms with Gasteiger partial charge in [0, 0.05) is 20.4 Å². The molecule has 0 aliphatic carbocycles. The van der Waals surface area contributed by atoms with Gasteiger partial charge in [-0.15, -0.1) is 6.42 Å². The summed E-state index contributed by atoms with van der Waals surface area (Å²) in [6.07, 6.45) is 5.61. The van der Waals surface area contributed by atoms with E-state index in [0.29, 0.717) is 0 Å². The highest BCUT2D eigenvalue weighted by atomic mass is 16.8. The summed E-state index contributed by atoms with van der Waals surface area (Å²) in [5, 5.41) is 33.5. The predicted molar refractivity (Wildman–Crippen MR) is 107 cm³/mol. The number of ether oxygens (including phenoxy) is 2. The van der Waals surface area contributed by atoms with Crippen LogP contribution in [0, 0.1) is 12.3 Å². The second-order valence-corrected chi connectivity index (χ2v) is 5.55. The van der Waals surface area contributed by atoms with Crippen molar-refractivity contribution in [3.8, 4) is 12.3 Å². The minimum Gasteiger partial charge on any atom is -0.405 e. The largest absolute Gasteiger partial charge is 0.405 e. The highest BCUT2D eigenvalue weighted by Gasteiger charge is 2.45. The van der Waals surface area contributed by atoms with Gasteiger partial charge in [-0.05, 0) is 12.8 Å². The lowest BCUT2D eigenvalue weighted by molar-refractivity contribution is -0.362. The number of aromatic nitrogens is 2. The van der Waals surface area contributed by atoms with Crippen LogP contribution in [0.2, 0.25) is 0 Å². The van der Waals surface area contributed by atoms with Crippen LogP contribution in [-0.2, 0) is 14.3 Å². The van der Waals surface area contributed by atoms with Crippen LogP contribution in [0.3, 0.4) is 0 Å². The standard InChI is InChI=1S/C13H15N3O7.C3H8.2CH4O/c1-2-7-6-16(12(19)15-11(7)18)9-4-3-8(22-9)13(20,21)23-10(17)5-14;1-3-2;2*1-2/h1,6,8-9,20-21H,3-5,14H2,(H,15,18,19);3H2,1-2H3;2*2H,1H3. The maximum Gasteiger partial charge on any atom is 0.352 e. The van der Waals surface area contributed by atoms with Gasteiger partial charge in [0.05, 0.1) is 6.54 Å². The normalized spacial score (nSPS) is 17.1. The van der Waals surface area contributed by atoms with Crippen molar-refractivity contribution in [2.45, 2.75) is 51.4 Å². The van der Waals surface area contributed by atoms with Gasteiger partial charge >= 0.3 is 17.6 Å². The Labute approximate surface area is 173 Å². The number of H-pyrrole nitrogens is 1. The molecule has 0 saturated carbocycles.